The Bertz CT molecular complexity index is 1160. The molecule has 146 valence electrons. The van der Waals surface area contributed by atoms with Crippen LogP contribution in [0.2, 0.25) is 0 Å². The third-order valence-corrected chi connectivity index (χ3v) is 5.94. The summed E-state index contributed by atoms with van der Waals surface area (Å²) in [6.45, 7) is 1.87. The van der Waals surface area contributed by atoms with Crippen molar-refractivity contribution in [2.45, 2.75) is 6.92 Å². The van der Waals surface area contributed by atoms with E-state index in [-0.39, 0.29) is 11.5 Å². The van der Waals surface area contributed by atoms with Gasteiger partial charge in [-0.25, -0.2) is 4.68 Å². The molecule has 0 N–H and O–H groups in total. The fraction of sp³-hybridized carbons (Fsp3) is 0.130. The summed E-state index contributed by atoms with van der Waals surface area (Å²) in [6.07, 6.45) is 5.65. The maximum atomic E-state index is 13.2. The summed E-state index contributed by atoms with van der Waals surface area (Å²) in [5.74, 6) is 0.289. The third-order valence-electron chi connectivity index (χ3n) is 4.93. The predicted molar refractivity (Wildman–Crippen MR) is 119 cm³/mol. The van der Waals surface area contributed by atoms with Crippen molar-refractivity contribution >= 4 is 29.4 Å². The Balaban J connectivity index is 1.64. The quantitative estimate of drug-likeness (QED) is 0.616. The Hall–Kier alpha value is -3.25. The highest BCUT2D eigenvalue weighted by atomic mass is 32.2. The molecule has 1 amide bonds. The van der Waals surface area contributed by atoms with E-state index in [9.17, 15) is 9.59 Å². The predicted octanol–water partition coefficient (Wildman–Crippen LogP) is 4.12. The molecular weight excluding hydrogens is 382 g/mol. The van der Waals surface area contributed by atoms with E-state index in [0.29, 0.717) is 16.5 Å². The lowest BCUT2D eigenvalue weighted by molar-refractivity contribution is -0.114. The lowest BCUT2D eigenvalue weighted by atomic mass is 10.2. The monoisotopic (exact) mass is 403 g/mol. The normalized spacial score (nSPS) is 15.7. The van der Waals surface area contributed by atoms with E-state index in [0.717, 1.165) is 16.9 Å². The molecule has 3 aromatic rings. The number of hydrogen-bond donors (Lipinski definition) is 0. The summed E-state index contributed by atoms with van der Waals surface area (Å²) in [5.41, 5.74) is 2.85. The molecule has 1 aliphatic rings. The zero-order chi connectivity index (χ0) is 20.4. The van der Waals surface area contributed by atoms with Gasteiger partial charge in [0.1, 0.15) is 5.69 Å². The second-order valence-electron chi connectivity index (χ2n) is 6.72. The number of allylic oxidation sites excluding steroid dienone is 2. The number of carbonyl (C=O) groups is 1. The molecule has 1 aliphatic heterocycles. The minimum Gasteiger partial charge on any atom is -0.291 e. The minimum atomic E-state index is -0.189. The largest absolute Gasteiger partial charge is 0.295 e. The van der Waals surface area contributed by atoms with Crippen LogP contribution in [-0.2, 0) is 11.8 Å². The molecule has 0 radical (unpaired) electrons. The van der Waals surface area contributed by atoms with E-state index in [2.05, 4.69) is 0 Å². The SMILES string of the molecule is Cc1c(N2CSC(=CC=Cc3ccccc3)C2=O)c(=O)n(-c2ccccc2)n1C. The maximum Gasteiger partial charge on any atom is 0.295 e. The number of anilines is 1. The van der Waals surface area contributed by atoms with Crippen LogP contribution in [0.5, 0.6) is 0 Å². The molecular formula is C23H21N3O2S. The molecule has 0 bridgehead atoms. The fourth-order valence-corrected chi connectivity index (χ4v) is 4.27. The van der Waals surface area contributed by atoms with Crippen molar-refractivity contribution in [3.8, 4) is 5.69 Å². The molecule has 0 spiro atoms. The zero-order valence-electron chi connectivity index (χ0n) is 16.3. The van der Waals surface area contributed by atoms with Crippen molar-refractivity contribution in [2.75, 3.05) is 10.8 Å². The van der Waals surface area contributed by atoms with E-state index < -0.39 is 0 Å². The molecule has 0 unspecified atom stereocenters. The lowest BCUT2D eigenvalue weighted by Crippen LogP contribution is -2.30. The molecule has 0 saturated carbocycles. The number of thioether (sulfide) groups is 1. The molecule has 0 aliphatic carbocycles. The van der Waals surface area contributed by atoms with Crippen molar-refractivity contribution in [3.05, 3.63) is 99.3 Å². The van der Waals surface area contributed by atoms with E-state index in [4.69, 9.17) is 0 Å². The number of hydrogen-bond acceptors (Lipinski definition) is 3. The van der Waals surface area contributed by atoms with Crippen LogP contribution >= 0.6 is 11.8 Å². The summed E-state index contributed by atoms with van der Waals surface area (Å²) >= 11 is 1.45. The Morgan fingerprint density at radius 3 is 2.31 bits per heavy atom. The van der Waals surface area contributed by atoms with Gasteiger partial charge < -0.3 is 0 Å². The van der Waals surface area contributed by atoms with E-state index >= 15 is 0 Å². The molecule has 29 heavy (non-hydrogen) atoms. The van der Waals surface area contributed by atoms with Gasteiger partial charge in [0.25, 0.3) is 11.5 Å². The van der Waals surface area contributed by atoms with Crippen LogP contribution in [-0.4, -0.2) is 21.1 Å². The van der Waals surface area contributed by atoms with Gasteiger partial charge in [0.2, 0.25) is 0 Å². The van der Waals surface area contributed by atoms with Crippen LogP contribution in [0.1, 0.15) is 11.3 Å². The first-order valence-electron chi connectivity index (χ1n) is 9.30. The van der Waals surface area contributed by atoms with Gasteiger partial charge in [0, 0.05) is 7.05 Å². The lowest BCUT2D eigenvalue weighted by Gasteiger charge is -2.12. The van der Waals surface area contributed by atoms with Gasteiger partial charge >= 0.3 is 0 Å². The smallest absolute Gasteiger partial charge is 0.291 e. The Labute approximate surface area is 173 Å². The highest BCUT2D eigenvalue weighted by Gasteiger charge is 2.33. The summed E-state index contributed by atoms with van der Waals surface area (Å²) in [7, 11) is 1.83. The van der Waals surface area contributed by atoms with Crippen molar-refractivity contribution < 1.29 is 4.79 Å². The van der Waals surface area contributed by atoms with Gasteiger partial charge in [-0.05, 0) is 30.7 Å². The first-order valence-corrected chi connectivity index (χ1v) is 10.3. The van der Waals surface area contributed by atoms with Crippen molar-refractivity contribution in [3.63, 3.8) is 0 Å². The van der Waals surface area contributed by atoms with Gasteiger partial charge in [0.05, 0.1) is 22.2 Å². The molecule has 0 atom stereocenters. The first kappa shape index (κ1) is 19.1. The highest BCUT2D eigenvalue weighted by Crippen LogP contribution is 2.32. The molecule has 1 saturated heterocycles. The molecule has 6 heteroatoms. The topological polar surface area (TPSA) is 47.2 Å². The van der Waals surface area contributed by atoms with Gasteiger partial charge in [-0.3, -0.25) is 19.2 Å². The number of nitrogens with zero attached hydrogens (tertiary/aromatic N) is 3. The number of para-hydroxylation sites is 1. The summed E-state index contributed by atoms with van der Waals surface area (Å²) in [6, 6.07) is 19.4. The van der Waals surface area contributed by atoms with Gasteiger partial charge in [-0.1, -0.05) is 72.4 Å². The summed E-state index contributed by atoms with van der Waals surface area (Å²) < 4.78 is 3.39. The Kier molecular flexibility index (Phi) is 5.27. The summed E-state index contributed by atoms with van der Waals surface area (Å²) in [4.78, 5) is 28.3. The number of aromatic nitrogens is 2. The highest BCUT2D eigenvalue weighted by molar-refractivity contribution is 8.04. The van der Waals surface area contributed by atoms with Crippen LogP contribution in [0, 0.1) is 6.92 Å². The summed E-state index contributed by atoms with van der Waals surface area (Å²) in [5, 5.41) is 0. The average molecular weight is 404 g/mol. The number of benzene rings is 2. The third kappa shape index (κ3) is 3.59. The molecule has 4 rings (SSSR count). The molecule has 2 heterocycles. The molecule has 5 nitrogen and oxygen atoms in total. The van der Waals surface area contributed by atoms with Crippen LogP contribution in [0.25, 0.3) is 11.8 Å². The number of rotatable bonds is 4. The molecule has 2 aromatic carbocycles. The van der Waals surface area contributed by atoms with Crippen LogP contribution < -0.4 is 10.5 Å². The van der Waals surface area contributed by atoms with Crippen LogP contribution in [0.15, 0.2) is 82.5 Å². The maximum absolute atomic E-state index is 13.2. The van der Waals surface area contributed by atoms with Crippen LogP contribution in [0.4, 0.5) is 5.69 Å². The average Bonchev–Trinajstić information content (AvgIpc) is 3.20. The number of amides is 1. The van der Waals surface area contributed by atoms with Crippen molar-refractivity contribution in [1.82, 2.24) is 9.36 Å². The molecule has 1 aromatic heterocycles. The van der Waals surface area contributed by atoms with Crippen LogP contribution in [0.3, 0.4) is 0 Å². The Morgan fingerprint density at radius 2 is 1.62 bits per heavy atom. The fourth-order valence-electron chi connectivity index (χ4n) is 3.35. The van der Waals surface area contributed by atoms with Gasteiger partial charge in [-0.15, -0.1) is 0 Å². The second kappa shape index (κ2) is 8.01. The zero-order valence-corrected chi connectivity index (χ0v) is 17.1. The van der Waals surface area contributed by atoms with E-state index in [1.165, 1.54) is 11.8 Å². The first-order chi connectivity index (χ1) is 14.1. The number of carbonyl (C=O) groups excluding carboxylic acids is 1. The van der Waals surface area contributed by atoms with Gasteiger partial charge in [-0.2, -0.15) is 0 Å². The van der Waals surface area contributed by atoms with Crippen molar-refractivity contribution in [2.24, 2.45) is 7.05 Å². The Morgan fingerprint density at radius 1 is 0.966 bits per heavy atom. The van der Waals surface area contributed by atoms with E-state index in [1.54, 1.807) is 14.3 Å². The molecule has 1 fully saturated rings. The standard InChI is InChI=1S/C23H21N3O2S/c1-17-21(23(28)26(24(17)2)19-13-7-4-8-14-19)25-16-29-20(22(25)27)15-9-12-18-10-5-3-6-11-18/h3-15H,16H2,1-2H3. The second-order valence-corrected chi connectivity index (χ2v) is 7.70. The van der Waals surface area contributed by atoms with Crippen molar-refractivity contribution in [1.29, 1.82) is 0 Å². The minimum absolute atomic E-state index is 0.140. The van der Waals surface area contributed by atoms with E-state index in [1.807, 2.05) is 92.9 Å². The van der Waals surface area contributed by atoms with Gasteiger partial charge in [0.15, 0.2) is 0 Å².